The van der Waals surface area contributed by atoms with Crippen molar-refractivity contribution in [3.05, 3.63) is 40.3 Å². The number of aromatic amines is 1. The number of carbonyl (C=O) groups excluding carboxylic acids is 2. The fourth-order valence-electron chi connectivity index (χ4n) is 4.41. The average Bonchev–Trinajstić information content (AvgIpc) is 3.17. The van der Waals surface area contributed by atoms with Crippen LogP contribution in [0.4, 0.5) is 15.3 Å². The number of anilines is 1. The van der Waals surface area contributed by atoms with Crippen LogP contribution in [0.2, 0.25) is 0 Å². The number of rotatable bonds is 5. The maximum absolute atomic E-state index is 12.6. The van der Waals surface area contributed by atoms with Gasteiger partial charge in [0.1, 0.15) is 11.2 Å². The minimum absolute atomic E-state index is 0.0570. The van der Waals surface area contributed by atoms with Crippen molar-refractivity contribution < 1.29 is 14.3 Å². The molecule has 10 heteroatoms. The Morgan fingerprint density at radius 2 is 1.97 bits per heavy atom. The zero-order chi connectivity index (χ0) is 25.2. The van der Waals surface area contributed by atoms with Gasteiger partial charge in [-0.3, -0.25) is 4.79 Å². The number of likely N-dealkylation sites (tertiary alicyclic amines) is 1. The van der Waals surface area contributed by atoms with E-state index in [4.69, 9.17) is 9.84 Å². The van der Waals surface area contributed by atoms with Gasteiger partial charge < -0.3 is 25.3 Å². The molecule has 0 saturated carbocycles. The Balaban J connectivity index is 1.61. The predicted octanol–water partition coefficient (Wildman–Crippen LogP) is 4.21. The monoisotopic (exact) mass is 482 g/mol. The third-order valence-corrected chi connectivity index (χ3v) is 6.09. The van der Waals surface area contributed by atoms with Gasteiger partial charge in [-0.2, -0.15) is 5.10 Å². The molecule has 10 nitrogen and oxygen atoms in total. The van der Waals surface area contributed by atoms with Crippen molar-refractivity contribution in [3.63, 3.8) is 0 Å². The molecule has 188 valence electrons. The second-order valence-electron chi connectivity index (χ2n) is 9.99. The number of H-pyrrole nitrogens is 1. The molecule has 1 saturated heterocycles. The first-order valence-corrected chi connectivity index (χ1v) is 12.2. The number of nitrogens with one attached hydrogen (secondary N) is 3. The lowest BCUT2D eigenvalue weighted by Crippen LogP contribution is -2.41. The van der Waals surface area contributed by atoms with Crippen LogP contribution in [0.1, 0.15) is 65.0 Å². The highest BCUT2D eigenvalue weighted by atomic mass is 16.6. The Morgan fingerprint density at radius 3 is 2.66 bits per heavy atom. The maximum atomic E-state index is 12.6. The first-order chi connectivity index (χ1) is 16.7. The molecule has 0 radical (unpaired) electrons. The van der Waals surface area contributed by atoms with Gasteiger partial charge >= 0.3 is 12.1 Å². The number of carbonyl (C=O) groups is 2. The number of fused-ring (bicyclic) bond motifs is 3. The third kappa shape index (κ3) is 5.58. The second kappa shape index (κ2) is 9.97. The number of unbranched alkanes of at least 4 members (excludes halogenated alkanes) is 1. The van der Waals surface area contributed by atoms with E-state index in [1.807, 2.05) is 32.9 Å². The molecule has 0 bridgehead atoms. The maximum Gasteiger partial charge on any atom is 0.410 e. The van der Waals surface area contributed by atoms with Gasteiger partial charge in [-0.15, -0.1) is 0 Å². The van der Waals surface area contributed by atoms with Gasteiger partial charge in [0.05, 0.1) is 22.3 Å². The van der Waals surface area contributed by atoms with E-state index in [0.717, 1.165) is 18.5 Å². The SMILES string of the molecule is CCCCNC(=O)Nc1cccc2nn3c(C4CCN(C(=O)OC(C)(C)C)CC4)cc(=O)[nH]c3c12. The summed E-state index contributed by atoms with van der Waals surface area (Å²) in [5.41, 5.74) is 1.82. The quantitative estimate of drug-likeness (QED) is 0.471. The lowest BCUT2D eigenvalue weighted by molar-refractivity contribution is 0.0203. The Kier molecular flexibility index (Phi) is 7.00. The number of hydrogen-bond acceptors (Lipinski definition) is 5. The molecular weight excluding hydrogens is 448 g/mol. The van der Waals surface area contributed by atoms with Crippen molar-refractivity contribution in [2.75, 3.05) is 25.0 Å². The van der Waals surface area contributed by atoms with E-state index in [1.165, 1.54) is 0 Å². The molecule has 2 aromatic heterocycles. The summed E-state index contributed by atoms with van der Waals surface area (Å²) >= 11 is 0. The molecule has 0 spiro atoms. The van der Waals surface area contributed by atoms with Crippen molar-refractivity contribution >= 4 is 34.4 Å². The van der Waals surface area contributed by atoms with E-state index in [2.05, 4.69) is 22.5 Å². The largest absolute Gasteiger partial charge is 0.444 e. The molecule has 3 N–H and O–H groups in total. The zero-order valence-electron chi connectivity index (χ0n) is 20.8. The molecule has 1 aliphatic heterocycles. The summed E-state index contributed by atoms with van der Waals surface area (Å²) in [7, 11) is 0. The topological polar surface area (TPSA) is 121 Å². The molecule has 1 aromatic carbocycles. The van der Waals surface area contributed by atoms with Gasteiger partial charge in [-0.1, -0.05) is 19.4 Å². The third-order valence-electron chi connectivity index (χ3n) is 6.09. The Labute approximate surface area is 204 Å². The smallest absolute Gasteiger partial charge is 0.410 e. The number of ether oxygens (including phenoxy) is 1. The van der Waals surface area contributed by atoms with Crippen LogP contribution in [0.25, 0.3) is 16.6 Å². The fraction of sp³-hybridized carbons (Fsp3) is 0.520. The normalized spacial score (nSPS) is 14.9. The molecule has 3 heterocycles. The van der Waals surface area contributed by atoms with Crippen LogP contribution < -0.4 is 16.2 Å². The Bertz CT molecular complexity index is 1280. The molecule has 1 aliphatic rings. The summed E-state index contributed by atoms with van der Waals surface area (Å²) in [6.45, 7) is 9.30. The van der Waals surface area contributed by atoms with Crippen molar-refractivity contribution in [2.45, 2.75) is 64.9 Å². The van der Waals surface area contributed by atoms with Crippen LogP contribution >= 0.6 is 0 Å². The highest BCUT2D eigenvalue weighted by Gasteiger charge is 2.29. The molecule has 0 aliphatic carbocycles. The Morgan fingerprint density at radius 1 is 1.23 bits per heavy atom. The van der Waals surface area contributed by atoms with E-state index in [1.54, 1.807) is 21.5 Å². The van der Waals surface area contributed by atoms with Gasteiger partial charge in [0.15, 0.2) is 0 Å². The van der Waals surface area contributed by atoms with E-state index >= 15 is 0 Å². The standard InChI is InChI=1S/C25H34N6O4/c1-5-6-12-26-23(33)27-17-8-7-9-18-21(17)22-28-20(32)15-19(31(22)29-18)16-10-13-30(14-11-16)24(34)35-25(2,3)4/h7-9,15-16H,5-6,10-14H2,1-4H3,(H,28,32)(H2,26,27,33). The second-order valence-corrected chi connectivity index (χ2v) is 9.99. The van der Waals surface area contributed by atoms with Crippen LogP contribution in [0.5, 0.6) is 0 Å². The van der Waals surface area contributed by atoms with Gasteiger partial charge in [0.2, 0.25) is 0 Å². The van der Waals surface area contributed by atoms with Gasteiger partial charge in [-0.05, 0) is 52.2 Å². The predicted molar refractivity (Wildman–Crippen MR) is 135 cm³/mol. The summed E-state index contributed by atoms with van der Waals surface area (Å²) in [4.78, 5) is 42.1. The van der Waals surface area contributed by atoms with E-state index in [9.17, 15) is 14.4 Å². The minimum Gasteiger partial charge on any atom is -0.444 e. The lowest BCUT2D eigenvalue weighted by Gasteiger charge is -2.33. The van der Waals surface area contributed by atoms with Crippen molar-refractivity contribution in [1.82, 2.24) is 24.8 Å². The number of hydrogen-bond donors (Lipinski definition) is 3. The number of piperidine rings is 1. The van der Waals surface area contributed by atoms with Crippen LogP contribution in [0.15, 0.2) is 29.1 Å². The number of amides is 3. The molecule has 3 amide bonds. The number of nitrogens with zero attached hydrogens (tertiary/aromatic N) is 3. The zero-order valence-corrected chi connectivity index (χ0v) is 20.8. The summed E-state index contributed by atoms with van der Waals surface area (Å²) in [6.07, 6.45) is 2.96. The average molecular weight is 483 g/mol. The minimum atomic E-state index is -0.541. The molecule has 35 heavy (non-hydrogen) atoms. The summed E-state index contributed by atoms with van der Waals surface area (Å²) in [5, 5.41) is 11.2. The van der Waals surface area contributed by atoms with Gasteiger partial charge in [0.25, 0.3) is 5.56 Å². The highest BCUT2D eigenvalue weighted by molar-refractivity contribution is 6.07. The molecule has 4 rings (SSSR count). The molecule has 0 atom stereocenters. The van der Waals surface area contributed by atoms with Crippen molar-refractivity contribution in [2.24, 2.45) is 0 Å². The van der Waals surface area contributed by atoms with Crippen LogP contribution in [-0.4, -0.2) is 56.9 Å². The van der Waals surface area contributed by atoms with Crippen LogP contribution in [0.3, 0.4) is 0 Å². The molecule has 3 aromatic rings. The van der Waals surface area contributed by atoms with Crippen LogP contribution in [-0.2, 0) is 4.74 Å². The number of benzene rings is 1. The van der Waals surface area contributed by atoms with Crippen molar-refractivity contribution in [1.29, 1.82) is 0 Å². The lowest BCUT2D eigenvalue weighted by atomic mass is 9.93. The first kappa shape index (κ1) is 24.6. The van der Waals surface area contributed by atoms with Crippen molar-refractivity contribution in [3.8, 4) is 0 Å². The first-order valence-electron chi connectivity index (χ1n) is 12.2. The highest BCUT2D eigenvalue weighted by Crippen LogP contribution is 2.32. The van der Waals surface area contributed by atoms with E-state index < -0.39 is 5.60 Å². The summed E-state index contributed by atoms with van der Waals surface area (Å²) in [5.74, 6) is 0.0570. The number of urea groups is 1. The summed E-state index contributed by atoms with van der Waals surface area (Å²) in [6, 6.07) is 6.77. The fourth-order valence-corrected chi connectivity index (χ4v) is 4.41. The van der Waals surface area contributed by atoms with E-state index in [0.29, 0.717) is 54.7 Å². The van der Waals surface area contributed by atoms with Gasteiger partial charge in [0, 0.05) is 31.6 Å². The molecular formula is C25H34N6O4. The van der Waals surface area contributed by atoms with Gasteiger partial charge in [-0.25, -0.2) is 14.1 Å². The summed E-state index contributed by atoms with van der Waals surface area (Å²) < 4.78 is 7.26. The number of aromatic nitrogens is 3. The molecule has 0 unspecified atom stereocenters. The Hall–Kier alpha value is -3.56. The van der Waals surface area contributed by atoms with E-state index in [-0.39, 0.29) is 23.6 Å². The van der Waals surface area contributed by atoms with Crippen LogP contribution in [0, 0.1) is 0 Å². The molecule has 1 fully saturated rings.